The van der Waals surface area contributed by atoms with Gasteiger partial charge in [0.05, 0.1) is 17.9 Å². The van der Waals surface area contributed by atoms with Gasteiger partial charge in [-0.05, 0) is 43.2 Å². The number of thioether (sulfide) groups is 1. The standard InChI is InChI=1S/C24H25ClN6OS/c1-17-7-3-6-10-21(17)31-22(15-26-23(32)12-14-30-13-11-18(2)29-30)27-28-24(31)33-16-19-8-4-5-9-20(19)25/h3-11,13H,12,14-16H2,1-2H3,(H,26,32). The maximum atomic E-state index is 12.4. The van der Waals surface area contributed by atoms with Crippen molar-refractivity contribution in [3.63, 3.8) is 0 Å². The van der Waals surface area contributed by atoms with Gasteiger partial charge in [-0.1, -0.05) is 59.8 Å². The number of para-hydroxylation sites is 1. The zero-order valence-corrected chi connectivity index (χ0v) is 20.1. The number of aryl methyl sites for hydroxylation is 3. The van der Waals surface area contributed by atoms with Crippen LogP contribution in [0.25, 0.3) is 5.69 Å². The molecule has 0 radical (unpaired) electrons. The van der Waals surface area contributed by atoms with Crippen LogP contribution in [0.1, 0.15) is 29.1 Å². The molecule has 1 N–H and O–H groups in total. The van der Waals surface area contributed by atoms with E-state index >= 15 is 0 Å². The first-order valence-corrected chi connectivity index (χ1v) is 12.0. The molecule has 2 aromatic heterocycles. The molecule has 2 aromatic carbocycles. The van der Waals surface area contributed by atoms with Crippen molar-refractivity contribution in [3.05, 3.63) is 88.5 Å². The molecule has 7 nitrogen and oxygen atoms in total. The Balaban J connectivity index is 1.49. The van der Waals surface area contributed by atoms with Gasteiger partial charge in [0.25, 0.3) is 0 Å². The molecule has 0 saturated carbocycles. The van der Waals surface area contributed by atoms with Crippen molar-refractivity contribution in [1.29, 1.82) is 0 Å². The maximum absolute atomic E-state index is 12.4. The van der Waals surface area contributed by atoms with Crippen LogP contribution in [0.4, 0.5) is 0 Å². The predicted molar refractivity (Wildman–Crippen MR) is 131 cm³/mol. The topological polar surface area (TPSA) is 77.6 Å². The molecule has 33 heavy (non-hydrogen) atoms. The average molecular weight is 481 g/mol. The number of nitrogens with zero attached hydrogens (tertiary/aromatic N) is 5. The number of hydrogen-bond donors (Lipinski definition) is 1. The zero-order chi connectivity index (χ0) is 23.2. The molecule has 0 bridgehead atoms. The summed E-state index contributed by atoms with van der Waals surface area (Å²) in [4.78, 5) is 12.4. The summed E-state index contributed by atoms with van der Waals surface area (Å²) in [6.07, 6.45) is 2.22. The van der Waals surface area contributed by atoms with Crippen LogP contribution >= 0.6 is 23.4 Å². The SMILES string of the molecule is Cc1ccn(CCC(=O)NCc2nnc(SCc3ccccc3Cl)n2-c2ccccc2C)n1. The van der Waals surface area contributed by atoms with E-state index in [9.17, 15) is 4.79 Å². The first kappa shape index (κ1) is 23.1. The molecule has 0 saturated heterocycles. The van der Waals surface area contributed by atoms with Gasteiger partial charge < -0.3 is 5.32 Å². The van der Waals surface area contributed by atoms with Gasteiger partial charge in [-0.2, -0.15) is 5.10 Å². The number of carbonyl (C=O) groups is 1. The lowest BCUT2D eigenvalue weighted by Gasteiger charge is -2.13. The molecule has 170 valence electrons. The minimum Gasteiger partial charge on any atom is -0.349 e. The third-order valence-electron chi connectivity index (χ3n) is 5.16. The normalized spacial score (nSPS) is 11.0. The van der Waals surface area contributed by atoms with E-state index in [0.29, 0.717) is 24.5 Å². The van der Waals surface area contributed by atoms with E-state index in [4.69, 9.17) is 11.6 Å². The minimum absolute atomic E-state index is 0.0623. The van der Waals surface area contributed by atoms with Crippen LogP contribution in [0.5, 0.6) is 0 Å². The van der Waals surface area contributed by atoms with Crippen LogP contribution in [0.15, 0.2) is 66.0 Å². The fourth-order valence-corrected chi connectivity index (χ4v) is 4.64. The van der Waals surface area contributed by atoms with E-state index in [2.05, 4.69) is 20.6 Å². The van der Waals surface area contributed by atoms with Gasteiger partial charge in [0.2, 0.25) is 5.91 Å². The minimum atomic E-state index is -0.0623. The molecule has 0 unspecified atom stereocenters. The zero-order valence-electron chi connectivity index (χ0n) is 18.5. The second kappa shape index (κ2) is 10.7. The number of halogens is 1. The third-order valence-corrected chi connectivity index (χ3v) is 6.50. The lowest BCUT2D eigenvalue weighted by atomic mass is 10.2. The Labute approximate surface area is 202 Å². The van der Waals surface area contributed by atoms with E-state index in [1.54, 1.807) is 16.4 Å². The summed E-state index contributed by atoms with van der Waals surface area (Å²) in [5.74, 6) is 1.28. The molecular weight excluding hydrogens is 456 g/mol. The fourth-order valence-electron chi connectivity index (χ4n) is 3.39. The highest BCUT2D eigenvalue weighted by Gasteiger charge is 2.17. The van der Waals surface area contributed by atoms with Crippen LogP contribution in [-0.2, 0) is 23.6 Å². The number of aromatic nitrogens is 5. The summed E-state index contributed by atoms with van der Waals surface area (Å²) in [6.45, 7) is 4.79. The monoisotopic (exact) mass is 480 g/mol. The van der Waals surface area contributed by atoms with Crippen molar-refractivity contribution >= 4 is 29.3 Å². The summed E-state index contributed by atoms with van der Waals surface area (Å²) in [5.41, 5.74) is 4.05. The third kappa shape index (κ3) is 5.83. The Morgan fingerprint density at radius 3 is 2.61 bits per heavy atom. The summed E-state index contributed by atoms with van der Waals surface area (Å²) < 4.78 is 3.78. The highest BCUT2D eigenvalue weighted by Crippen LogP contribution is 2.29. The van der Waals surface area contributed by atoms with Crippen molar-refractivity contribution < 1.29 is 4.79 Å². The van der Waals surface area contributed by atoms with Gasteiger partial charge in [0, 0.05) is 29.9 Å². The molecule has 4 aromatic rings. The first-order chi connectivity index (χ1) is 16.0. The summed E-state index contributed by atoms with van der Waals surface area (Å²) in [5, 5.41) is 17.6. The molecule has 0 spiro atoms. The second-order valence-electron chi connectivity index (χ2n) is 7.65. The van der Waals surface area contributed by atoms with E-state index in [1.165, 1.54) is 0 Å². The van der Waals surface area contributed by atoms with Gasteiger partial charge in [0.1, 0.15) is 0 Å². The average Bonchev–Trinajstić information content (AvgIpc) is 3.41. The summed E-state index contributed by atoms with van der Waals surface area (Å²) in [6, 6.07) is 17.8. The number of hydrogen-bond acceptors (Lipinski definition) is 5. The van der Waals surface area contributed by atoms with Crippen molar-refractivity contribution in [2.24, 2.45) is 0 Å². The fraction of sp³-hybridized carbons (Fsp3) is 0.250. The van der Waals surface area contributed by atoms with Gasteiger partial charge in [0.15, 0.2) is 11.0 Å². The number of amides is 1. The Morgan fingerprint density at radius 2 is 1.85 bits per heavy atom. The highest BCUT2D eigenvalue weighted by atomic mass is 35.5. The molecule has 4 rings (SSSR count). The summed E-state index contributed by atoms with van der Waals surface area (Å²) >= 11 is 7.89. The van der Waals surface area contributed by atoms with Gasteiger partial charge >= 0.3 is 0 Å². The lowest BCUT2D eigenvalue weighted by molar-refractivity contribution is -0.121. The van der Waals surface area contributed by atoms with Crippen molar-refractivity contribution in [1.82, 2.24) is 29.9 Å². The number of rotatable bonds is 9. The largest absolute Gasteiger partial charge is 0.349 e. The van der Waals surface area contributed by atoms with Gasteiger partial charge in [-0.3, -0.25) is 14.0 Å². The van der Waals surface area contributed by atoms with Crippen LogP contribution < -0.4 is 5.32 Å². The first-order valence-electron chi connectivity index (χ1n) is 10.6. The van der Waals surface area contributed by atoms with E-state index in [0.717, 1.165) is 32.7 Å². The molecule has 2 heterocycles. The van der Waals surface area contributed by atoms with Crippen molar-refractivity contribution in [3.8, 4) is 5.69 Å². The smallest absolute Gasteiger partial charge is 0.222 e. The highest BCUT2D eigenvalue weighted by molar-refractivity contribution is 7.98. The van der Waals surface area contributed by atoms with Gasteiger partial charge in [-0.25, -0.2) is 0 Å². The molecule has 0 atom stereocenters. The quantitative estimate of drug-likeness (QED) is 0.350. The Bertz CT molecular complexity index is 1250. The molecular formula is C24H25ClN6OS. The Kier molecular flexibility index (Phi) is 7.47. The van der Waals surface area contributed by atoms with Crippen LogP contribution in [-0.4, -0.2) is 30.5 Å². The Morgan fingerprint density at radius 1 is 1.06 bits per heavy atom. The van der Waals surface area contributed by atoms with Crippen molar-refractivity contribution in [2.45, 2.75) is 44.3 Å². The molecule has 0 fully saturated rings. The molecule has 0 aliphatic heterocycles. The van der Waals surface area contributed by atoms with E-state index < -0.39 is 0 Å². The second-order valence-corrected chi connectivity index (χ2v) is 9.00. The summed E-state index contributed by atoms with van der Waals surface area (Å²) in [7, 11) is 0. The molecule has 0 aliphatic carbocycles. The van der Waals surface area contributed by atoms with E-state index in [1.807, 2.05) is 79.2 Å². The maximum Gasteiger partial charge on any atom is 0.222 e. The number of carbonyl (C=O) groups excluding carboxylic acids is 1. The van der Waals surface area contributed by atoms with Crippen LogP contribution in [0.2, 0.25) is 5.02 Å². The molecule has 0 aliphatic rings. The number of benzene rings is 2. The van der Waals surface area contributed by atoms with Crippen LogP contribution in [0.3, 0.4) is 0 Å². The van der Waals surface area contributed by atoms with Gasteiger partial charge in [-0.15, -0.1) is 10.2 Å². The lowest BCUT2D eigenvalue weighted by Crippen LogP contribution is -2.25. The molecule has 9 heteroatoms. The number of nitrogens with one attached hydrogen (secondary N) is 1. The van der Waals surface area contributed by atoms with Crippen LogP contribution in [0, 0.1) is 13.8 Å². The molecule has 1 amide bonds. The van der Waals surface area contributed by atoms with Crippen molar-refractivity contribution in [2.75, 3.05) is 0 Å². The Hall–Kier alpha value is -3.10. The predicted octanol–water partition coefficient (Wildman–Crippen LogP) is 4.73. The van der Waals surface area contributed by atoms with E-state index in [-0.39, 0.29) is 12.5 Å².